The third kappa shape index (κ3) is 13.4. The third-order valence-electron chi connectivity index (χ3n) is 6.93. The van der Waals surface area contributed by atoms with Gasteiger partial charge >= 0.3 is 41.8 Å². The Bertz CT molecular complexity index is 1710. The Labute approximate surface area is 304 Å². The summed E-state index contributed by atoms with van der Waals surface area (Å²) >= 11 is 0. The van der Waals surface area contributed by atoms with E-state index in [-0.39, 0.29) is 36.0 Å². The van der Waals surface area contributed by atoms with Crippen molar-refractivity contribution in [1.82, 2.24) is 0 Å². The molecule has 2 aromatic rings. The van der Waals surface area contributed by atoms with Crippen molar-refractivity contribution in [3.8, 4) is 23.0 Å². The second-order valence-electron chi connectivity index (χ2n) is 11.3. The lowest BCUT2D eigenvalue weighted by molar-refractivity contribution is -0.307. The smallest absolute Gasteiger partial charge is 0.330 e. The fourth-order valence-electron chi connectivity index (χ4n) is 5.00. The number of esters is 7. The molecule has 1 aliphatic heterocycles. The van der Waals surface area contributed by atoms with Crippen LogP contribution in [0.15, 0.2) is 42.5 Å². The van der Waals surface area contributed by atoms with Crippen LogP contribution in [-0.2, 0) is 68.4 Å². The van der Waals surface area contributed by atoms with Crippen LogP contribution in [0.3, 0.4) is 0 Å². The molecule has 0 bridgehead atoms. The van der Waals surface area contributed by atoms with Crippen LogP contribution in [-0.4, -0.2) is 92.8 Å². The molecule has 17 nitrogen and oxygen atoms in total. The predicted octanol–water partition coefficient (Wildman–Crippen LogP) is 2.81. The summed E-state index contributed by atoms with van der Waals surface area (Å²) in [5, 5.41) is 0. The van der Waals surface area contributed by atoms with E-state index in [9.17, 15) is 33.6 Å². The van der Waals surface area contributed by atoms with E-state index >= 15 is 0 Å². The second kappa shape index (κ2) is 19.7. The average Bonchev–Trinajstić information content (AvgIpc) is 3.05. The van der Waals surface area contributed by atoms with Gasteiger partial charge in [-0.3, -0.25) is 28.8 Å². The summed E-state index contributed by atoms with van der Waals surface area (Å²) in [5.74, 6) is -4.65. The van der Waals surface area contributed by atoms with E-state index in [1.807, 2.05) is 0 Å². The average molecular weight is 745 g/mol. The van der Waals surface area contributed by atoms with Crippen molar-refractivity contribution in [2.24, 2.45) is 0 Å². The van der Waals surface area contributed by atoms with E-state index < -0.39 is 79.1 Å². The molecule has 1 heterocycles. The minimum Gasteiger partial charge on any atom is -0.493 e. The van der Waals surface area contributed by atoms with Gasteiger partial charge in [-0.1, -0.05) is 12.1 Å². The maximum Gasteiger partial charge on any atom is 0.330 e. The maximum atomic E-state index is 12.8. The summed E-state index contributed by atoms with van der Waals surface area (Å²) < 4.78 is 54.3. The highest BCUT2D eigenvalue weighted by molar-refractivity contribution is 5.87. The minimum absolute atomic E-state index is 0.00914. The standard InChI is InChI=1S/C36H40O17/c1-19(37)47-27-11-8-25(16-29(27)44-7)10-13-32(43)46-18-31-33(50-22(4)40)34(51-23(5)41)35(52-24(6)42)36(53-31)45-15-14-26-9-12-28(48-20(2)38)30(17-26)49-21(3)39/h8-13,16-17,31,33-36H,14-15,18H2,1-7H3. The van der Waals surface area contributed by atoms with Gasteiger partial charge < -0.3 is 47.4 Å². The van der Waals surface area contributed by atoms with Gasteiger partial charge in [0.2, 0.25) is 0 Å². The van der Waals surface area contributed by atoms with Gasteiger partial charge in [-0.15, -0.1) is 0 Å². The predicted molar refractivity (Wildman–Crippen MR) is 178 cm³/mol. The topological polar surface area (TPSA) is 212 Å². The lowest BCUT2D eigenvalue weighted by atomic mass is 9.98. The molecule has 286 valence electrons. The summed E-state index contributed by atoms with van der Waals surface area (Å²) in [5.41, 5.74) is 1.07. The van der Waals surface area contributed by atoms with Crippen molar-refractivity contribution in [2.45, 2.75) is 78.7 Å². The molecule has 2 aromatic carbocycles. The molecule has 1 saturated heterocycles. The molecule has 0 aromatic heterocycles. The molecule has 5 atom stereocenters. The van der Waals surface area contributed by atoms with Crippen LogP contribution < -0.4 is 18.9 Å². The van der Waals surface area contributed by atoms with Gasteiger partial charge in [0.25, 0.3) is 0 Å². The van der Waals surface area contributed by atoms with Crippen molar-refractivity contribution in [3.63, 3.8) is 0 Å². The summed E-state index contributed by atoms with van der Waals surface area (Å²) in [4.78, 5) is 83.8. The normalized spacial score (nSPS) is 19.3. The molecular weight excluding hydrogens is 704 g/mol. The monoisotopic (exact) mass is 744 g/mol. The Morgan fingerprint density at radius 1 is 0.642 bits per heavy atom. The molecule has 1 fully saturated rings. The quantitative estimate of drug-likeness (QED) is 0.111. The number of hydrogen-bond donors (Lipinski definition) is 0. The fourth-order valence-corrected chi connectivity index (χ4v) is 5.00. The Hall–Kier alpha value is -5.81. The number of carbonyl (C=O) groups is 7. The number of methoxy groups -OCH3 is 1. The fraction of sp³-hybridized carbons (Fsp3) is 0.417. The third-order valence-corrected chi connectivity index (χ3v) is 6.93. The van der Waals surface area contributed by atoms with Crippen LogP contribution in [0.4, 0.5) is 0 Å². The van der Waals surface area contributed by atoms with Crippen molar-refractivity contribution >= 4 is 47.9 Å². The molecule has 0 radical (unpaired) electrons. The van der Waals surface area contributed by atoms with Crippen molar-refractivity contribution in [2.75, 3.05) is 20.3 Å². The summed E-state index contributed by atoms with van der Waals surface area (Å²) in [6, 6.07) is 9.07. The molecule has 3 rings (SSSR count). The van der Waals surface area contributed by atoms with Crippen molar-refractivity contribution in [1.29, 1.82) is 0 Å². The lowest BCUT2D eigenvalue weighted by Gasteiger charge is -2.44. The van der Waals surface area contributed by atoms with E-state index in [2.05, 4.69) is 0 Å². The summed E-state index contributed by atoms with van der Waals surface area (Å²) in [7, 11) is 1.38. The van der Waals surface area contributed by atoms with Gasteiger partial charge in [0.1, 0.15) is 12.7 Å². The van der Waals surface area contributed by atoms with Crippen LogP contribution in [0.5, 0.6) is 23.0 Å². The number of benzene rings is 2. The van der Waals surface area contributed by atoms with Crippen LogP contribution in [0.2, 0.25) is 0 Å². The van der Waals surface area contributed by atoms with Crippen LogP contribution in [0.1, 0.15) is 52.7 Å². The highest BCUT2D eigenvalue weighted by atomic mass is 16.7. The number of rotatable bonds is 15. The van der Waals surface area contributed by atoms with Crippen LogP contribution in [0, 0.1) is 0 Å². The Kier molecular flexibility index (Phi) is 15.5. The first kappa shape index (κ1) is 41.6. The zero-order valence-electron chi connectivity index (χ0n) is 30.1. The number of ether oxygens (including phenoxy) is 10. The molecule has 5 unspecified atom stereocenters. The first-order valence-corrected chi connectivity index (χ1v) is 16.1. The maximum absolute atomic E-state index is 12.8. The van der Waals surface area contributed by atoms with Gasteiger partial charge in [-0.25, -0.2) is 4.79 Å². The van der Waals surface area contributed by atoms with Gasteiger partial charge in [0.15, 0.2) is 47.6 Å². The largest absolute Gasteiger partial charge is 0.493 e. The number of hydrogen-bond acceptors (Lipinski definition) is 17. The summed E-state index contributed by atoms with van der Waals surface area (Å²) in [6.07, 6.45) is -4.39. The Morgan fingerprint density at radius 3 is 1.77 bits per heavy atom. The SMILES string of the molecule is COc1cc(C=CC(=O)OCC2OC(OCCc3ccc(OC(C)=O)c(OC(C)=O)c3)C(OC(C)=O)C(OC(C)=O)C2OC(C)=O)ccc1OC(C)=O. The van der Waals surface area contributed by atoms with E-state index in [0.29, 0.717) is 11.1 Å². The molecule has 0 spiro atoms. The molecule has 0 aliphatic carbocycles. The Morgan fingerprint density at radius 2 is 1.19 bits per heavy atom. The van der Waals surface area contributed by atoms with E-state index in [0.717, 1.165) is 26.8 Å². The van der Waals surface area contributed by atoms with Gasteiger partial charge in [0.05, 0.1) is 13.7 Å². The van der Waals surface area contributed by atoms with E-state index in [1.165, 1.54) is 58.2 Å². The zero-order chi connectivity index (χ0) is 39.2. The second-order valence-corrected chi connectivity index (χ2v) is 11.3. The van der Waals surface area contributed by atoms with Gasteiger partial charge in [0, 0.05) is 47.6 Å². The highest BCUT2D eigenvalue weighted by Crippen LogP contribution is 2.32. The first-order valence-electron chi connectivity index (χ1n) is 16.1. The molecule has 1 aliphatic rings. The molecule has 17 heteroatoms. The molecule has 53 heavy (non-hydrogen) atoms. The zero-order valence-corrected chi connectivity index (χ0v) is 30.1. The van der Waals surface area contributed by atoms with Crippen molar-refractivity contribution < 1.29 is 80.9 Å². The molecule has 0 N–H and O–H groups in total. The minimum atomic E-state index is -1.46. The highest BCUT2D eigenvalue weighted by Gasteiger charge is 2.52. The first-order chi connectivity index (χ1) is 25.1. The van der Waals surface area contributed by atoms with Gasteiger partial charge in [-0.2, -0.15) is 0 Å². The van der Waals surface area contributed by atoms with E-state index in [1.54, 1.807) is 12.1 Å². The van der Waals surface area contributed by atoms with Crippen LogP contribution in [0.25, 0.3) is 6.08 Å². The van der Waals surface area contributed by atoms with Crippen molar-refractivity contribution in [3.05, 3.63) is 53.6 Å². The van der Waals surface area contributed by atoms with E-state index in [4.69, 9.17) is 47.4 Å². The van der Waals surface area contributed by atoms with Crippen LogP contribution >= 0.6 is 0 Å². The Balaban J connectivity index is 1.83. The molecular formula is C36H40O17. The molecule has 0 amide bonds. The lowest BCUT2D eigenvalue weighted by Crippen LogP contribution is -2.63. The van der Waals surface area contributed by atoms with Gasteiger partial charge in [-0.05, 0) is 47.9 Å². The molecule has 0 saturated carbocycles. The number of carbonyl (C=O) groups excluding carboxylic acids is 7. The summed E-state index contributed by atoms with van der Waals surface area (Å²) in [6.45, 7) is 6.24.